The molecular formula is C20H30INO3. The number of rotatable bonds is 8. The molecule has 1 N–H and O–H groups in total. The van der Waals surface area contributed by atoms with Crippen molar-refractivity contribution in [1.82, 2.24) is 5.32 Å². The molecule has 25 heavy (non-hydrogen) atoms. The molecule has 0 heterocycles. The zero-order chi connectivity index (χ0) is 18.1. The number of methoxy groups -OCH3 is 1. The molecule has 0 spiro atoms. The average molecular weight is 459 g/mol. The molecule has 1 saturated carbocycles. The van der Waals surface area contributed by atoms with Crippen molar-refractivity contribution in [3.63, 3.8) is 0 Å². The minimum atomic E-state index is -0.305. The van der Waals surface area contributed by atoms with Gasteiger partial charge in [-0.25, -0.2) is 4.79 Å². The lowest BCUT2D eigenvalue weighted by molar-refractivity contribution is -0.0297. The van der Waals surface area contributed by atoms with Crippen molar-refractivity contribution in [3.8, 4) is 0 Å². The van der Waals surface area contributed by atoms with Crippen LogP contribution in [0.1, 0.15) is 70.0 Å². The third-order valence-corrected chi connectivity index (χ3v) is 5.81. The van der Waals surface area contributed by atoms with Gasteiger partial charge in [0.05, 0.1) is 0 Å². The van der Waals surface area contributed by atoms with Gasteiger partial charge in [0.25, 0.3) is 0 Å². The fourth-order valence-electron chi connectivity index (χ4n) is 3.45. The summed E-state index contributed by atoms with van der Waals surface area (Å²) >= 11 is 2.31. The Bertz CT molecular complexity index is 531. The van der Waals surface area contributed by atoms with Crippen LogP contribution in [0.25, 0.3) is 0 Å². The molecule has 5 heteroatoms. The van der Waals surface area contributed by atoms with Gasteiger partial charge in [-0.15, -0.1) is 0 Å². The van der Waals surface area contributed by atoms with Gasteiger partial charge in [0.2, 0.25) is 0 Å². The zero-order valence-corrected chi connectivity index (χ0v) is 17.5. The predicted molar refractivity (Wildman–Crippen MR) is 109 cm³/mol. The van der Waals surface area contributed by atoms with Gasteiger partial charge in [-0.2, -0.15) is 0 Å². The van der Waals surface area contributed by atoms with Crippen molar-refractivity contribution in [1.29, 1.82) is 0 Å². The van der Waals surface area contributed by atoms with Crippen LogP contribution in [0.4, 0.5) is 4.79 Å². The molecule has 0 aliphatic heterocycles. The summed E-state index contributed by atoms with van der Waals surface area (Å²) in [6, 6.07) is 8.38. The van der Waals surface area contributed by atoms with Gasteiger partial charge in [-0.05, 0) is 59.9 Å². The lowest BCUT2D eigenvalue weighted by atomic mass is 9.96. The largest absolute Gasteiger partial charge is 0.443 e. The fraction of sp³-hybridized carbons (Fsp3) is 0.650. The Morgan fingerprint density at radius 2 is 2.00 bits per heavy atom. The zero-order valence-electron chi connectivity index (χ0n) is 15.3. The van der Waals surface area contributed by atoms with E-state index in [1.165, 1.54) is 19.3 Å². The first-order valence-corrected chi connectivity index (χ1v) is 10.5. The lowest BCUT2D eigenvalue weighted by Crippen LogP contribution is -2.39. The number of carbonyl (C=O) groups excluding carboxylic acids is 1. The highest BCUT2D eigenvalue weighted by molar-refractivity contribution is 14.1. The molecule has 1 fully saturated rings. The summed E-state index contributed by atoms with van der Waals surface area (Å²) < 4.78 is 12.7. The number of alkyl carbamates (subject to hydrolysis) is 1. The summed E-state index contributed by atoms with van der Waals surface area (Å²) in [7, 11) is 1.69. The summed E-state index contributed by atoms with van der Waals surface area (Å²) in [6.07, 6.45) is 7.81. The van der Waals surface area contributed by atoms with E-state index in [4.69, 9.17) is 9.47 Å². The second-order valence-electron chi connectivity index (χ2n) is 6.74. The molecule has 1 aliphatic rings. The van der Waals surface area contributed by atoms with E-state index in [2.05, 4.69) is 47.0 Å². The lowest BCUT2D eigenvalue weighted by Gasteiger charge is -2.29. The van der Waals surface area contributed by atoms with Crippen LogP contribution >= 0.6 is 22.6 Å². The Labute approximate surface area is 165 Å². The fourth-order valence-corrected chi connectivity index (χ4v) is 4.14. The highest BCUT2D eigenvalue weighted by Gasteiger charge is 2.28. The molecule has 1 aromatic rings. The molecular weight excluding hydrogens is 429 g/mol. The standard InChI is InChI=1S/C20H30INO3/c1-3-4-14-18(19(24-2)16-12-8-9-13-17(16)21)25-20(23)22-15-10-6-5-7-11-15/h8-9,12-13,15,18-19H,3-7,10-11,14H2,1-2H3,(H,22,23)/t18-,19-/m0/s1. The van der Waals surface area contributed by atoms with E-state index in [9.17, 15) is 4.79 Å². The summed E-state index contributed by atoms with van der Waals surface area (Å²) in [6.45, 7) is 2.15. The number of carbonyl (C=O) groups is 1. The number of hydrogen-bond acceptors (Lipinski definition) is 3. The highest BCUT2D eigenvalue weighted by atomic mass is 127. The van der Waals surface area contributed by atoms with E-state index in [1.54, 1.807) is 7.11 Å². The topological polar surface area (TPSA) is 47.6 Å². The number of unbranched alkanes of at least 4 members (excludes halogenated alkanes) is 1. The summed E-state index contributed by atoms with van der Waals surface area (Å²) in [5.41, 5.74) is 1.08. The predicted octanol–water partition coefficient (Wildman–Crippen LogP) is 5.60. The molecule has 4 nitrogen and oxygen atoms in total. The number of amides is 1. The maximum atomic E-state index is 12.4. The minimum absolute atomic E-state index is 0.239. The third kappa shape index (κ3) is 6.44. The van der Waals surface area contributed by atoms with Crippen molar-refractivity contribution in [2.75, 3.05) is 7.11 Å². The Morgan fingerprint density at radius 1 is 1.28 bits per heavy atom. The molecule has 2 rings (SSSR count). The first-order chi connectivity index (χ1) is 12.2. The van der Waals surface area contributed by atoms with Crippen LogP contribution in [0.5, 0.6) is 0 Å². The Hall–Kier alpha value is -0.820. The molecule has 0 bridgehead atoms. The smallest absolute Gasteiger partial charge is 0.407 e. The maximum Gasteiger partial charge on any atom is 0.407 e. The van der Waals surface area contributed by atoms with Gasteiger partial charge < -0.3 is 14.8 Å². The van der Waals surface area contributed by atoms with Gasteiger partial charge in [-0.3, -0.25) is 0 Å². The molecule has 1 aromatic carbocycles. The third-order valence-electron chi connectivity index (χ3n) is 4.83. The van der Waals surface area contributed by atoms with Crippen molar-refractivity contribution < 1.29 is 14.3 Å². The minimum Gasteiger partial charge on any atom is -0.443 e. The van der Waals surface area contributed by atoms with Crippen molar-refractivity contribution in [3.05, 3.63) is 33.4 Å². The van der Waals surface area contributed by atoms with Crippen LogP contribution in [0, 0.1) is 3.57 Å². The number of benzene rings is 1. The normalized spacial score (nSPS) is 17.7. The van der Waals surface area contributed by atoms with Crippen molar-refractivity contribution >= 4 is 28.7 Å². The molecule has 2 atom stereocenters. The van der Waals surface area contributed by atoms with E-state index >= 15 is 0 Å². The summed E-state index contributed by atoms with van der Waals surface area (Å²) in [5, 5.41) is 3.05. The van der Waals surface area contributed by atoms with E-state index in [0.717, 1.165) is 41.2 Å². The van der Waals surface area contributed by atoms with Crippen molar-refractivity contribution in [2.24, 2.45) is 0 Å². The highest BCUT2D eigenvalue weighted by Crippen LogP contribution is 2.30. The SMILES string of the molecule is CCCC[C@H](OC(=O)NC1CCCCC1)[C@@H](OC)c1ccccc1I. The molecule has 1 aliphatic carbocycles. The van der Waals surface area contributed by atoms with E-state index in [1.807, 2.05) is 12.1 Å². The Morgan fingerprint density at radius 3 is 2.64 bits per heavy atom. The van der Waals surface area contributed by atoms with Crippen LogP contribution in [0.2, 0.25) is 0 Å². The maximum absolute atomic E-state index is 12.4. The first kappa shape index (κ1) is 20.5. The van der Waals surface area contributed by atoms with Gasteiger partial charge in [0.15, 0.2) is 0 Å². The quantitative estimate of drug-likeness (QED) is 0.515. The molecule has 1 amide bonds. The number of nitrogens with one attached hydrogen (secondary N) is 1. The first-order valence-electron chi connectivity index (χ1n) is 9.40. The van der Waals surface area contributed by atoms with Crippen LogP contribution in [-0.2, 0) is 9.47 Å². The molecule has 140 valence electrons. The number of ether oxygens (including phenoxy) is 2. The van der Waals surface area contributed by atoms with Crippen LogP contribution < -0.4 is 5.32 Å². The second kappa shape index (κ2) is 11.0. The van der Waals surface area contributed by atoms with Gasteiger partial charge in [-0.1, -0.05) is 50.8 Å². The molecule has 0 aromatic heterocycles. The van der Waals surface area contributed by atoms with Crippen LogP contribution in [0.15, 0.2) is 24.3 Å². The van der Waals surface area contributed by atoms with Crippen LogP contribution in [0.3, 0.4) is 0 Å². The average Bonchev–Trinajstić information content (AvgIpc) is 2.62. The van der Waals surface area contributed by atoms with Gasteiger partial charge in [0.1, 0.15) is 12.2 Å². The molecule has 0 saturated heterocycles. The van der Waals surface area contributed by atoms with Gasteiger partial charge in [0, 0.05) is 16.7 Å². The van der Waals surface area contributed by atoms with E-state index in [-0.39, 0.29) is 24.3 Å². The number of hydrogen-bond donors (Lipinski definition) is 1. The second-order valence-corrected chi connectivity index (χ2v) is 7.91. The van der Waals surface area contributed by atoms with E-state index < -0.39 is 0 Å². The molecule has 0 unspecified atom stereocenters. The Balaban J connectivity index is 2.05. The summed E-state index contributed by atoms with van der Waals surface area (Å²) in [5.74, 6) is 0. The Kier molecular flexibility index (Phi) is 9.03. The van der Waals surface area contributed by atoms with Crippen molar-refractivity contribution in [2.45, 2.75) is 76.5 Å². The van der Waals surface area contributed by atoms with E-state index in [0.29, 0.717) is 0 Å². The van der Waals surface area contributed by atoms with Gasteiger partial charge >= 0.3 is 6.09 Å². The summed E-state index contributed by atoms with van der Waals surface area (Å²) in [4.78, 5) is 12.4. The number of halogens is 1. The van der Waals surface area contributed by atoms with Crippen LogP contribution in [-0.4, -0.2) is 25.3 Å². The molecule has 0 radical (unpaired) electrons. The monoisotopic (exact) mass is 459 g/mol.